The van der Waals surface area contributed by atoms with Crippen molar-refractivity contribution >= 4 is 17.5 Å². The second-order valence-corrected chi connectivity index (χ2v) is 5.71. The number of hydrogen-bond acceptors (Lipinski definition) is 3. The first-order chi connectivity index (χ1) is 9.15. The van der Waals surface area contributed by atoms with Crippen molar-refractivity contribution < 1.29 is 9.90 Å². The van der Waals surface area contributed by atoms with Crippen LogP contribution >= 0.6 is 11.6 Å². The highest BCUT2D eigenvalue weighted by atomic mass is 35.5. The lowest BCUT2D eigenvalue weighted by atomic mass is 10.1. The van der Waals surface area contributed by atoms with Gasteiger partial charge in [-0.25, -0.2) is 0 Å². The van der Waals surface area contributed by atoms with Gasteiger partial charge in [-0.15, -0.1) is 0 Å². The van der Waals surface area contributed by atoms with Gasteiger partial charge in [0.25, 0.3) is 5.91 Å². The number of phenols is 1. The van der Waals surface area contributed by atoms with Gasteiger partial charge in [-0.05, 0) is 44.0 Å². The molecule has 0 bridgehead atoms. The molecular weight excluding hydrogens is 264 g/mol. The molecule has 2 fully saturated rings. The van der Waals surface area contributed by atoms with E-state index in [1.165, 1.54) is 18.6 Å². The van der Waals surface area contributed by atoms with Crippen molar-refractivity contribution in [2.45, 2.75) is 31.3 Å². The van der Waals surface area contributed by atoms with Crippen molar-refractivity contribution in [3.63, 3.8) is 0 Å². The van der Waals surface area contributed by atoms with Crippen molar-refractivity contribution in [2.24, 2.45) is 0 Å². The molecule has 3 rings (SSSR count). The standard InChI is InChI=1S/C14H17ClN2O2/c15-9-3-4-13(18)10(8-9)14(19)16-11-5-7-17-6-1-2-12(11)17/h3-4,8,11-12,18H,1-2,5-7H2,(H,16,19). The zero-order valence-corrected chi connectivity index (χ0v) is 11.4. The van der Waals surface area contributed by atoms with E-state index in [0.29, 0.717) is 11.1 Å². The Hall–Kier alpha value is -1.26. The van der Waals surface area contributed by atoms with Crippen LogP contribution in [0.2, 0.25) is 5.02 Å². The Balaban J connectivity index is 1.73. The van der Waals surface area contributed by atoms with Gasteiger partial charge in [-0.2, -0.15) is 0 Å². The first-order valence-corrected chi connectivity index (χ1v) is 7.06. The van der Waals surface area contributed by atoms with Gasteiger partial charge in [0.2, 0.25) is 0 Å². The molecule has 0 radical (unpaired) electrons. The predicted molar refractivity (Wildman–Crippen MR) is 73.6 cm³/mol. The first-order valence-electron chi connectivity index (χ1n) is 6.68. The lowest BCUT2D eigenvalue weighted by molar-refractivity contribution is 0.0927. The number of rotatable bonds is 2. The molecule has 2 aliphatic rings. The summed E-state index contributed by atoms with van der Waals surface area (Å²) in [4.78, 5) is 14.6. The fraction of sp³-hybridized carbons (Fsp3) is 0.500. The first kappa shape index (κ1) is 12.8. The Morgan fingerprint density at radius 1 is 1.37 bits per heavy atom. The molecule has 0 spiro atoms. The number of halogens is 1. The van der Waals surface area contributed by atoms with E-state index >= 15 is 0 Å². The maximum Gasteiger partial charge on any atom is 0.255 e. The molecule has 0 saturated carbocycles. The molecule has 2 atom stereocenters. The maximum atomic E-state index is 12.2. The van der Waals surface area contributed by atoms with Crippen LogP contribution in [0.4, 0.5) is 0 Å². The van der Waals surface area contributed by atoms with Crippen LogP contribution in [0.5, 0.6) is 5.75 Å². The van der Waals surface area contributed by atoms with Gasteiger partial charge in [0.15, 0.2) is 0 Å². The molecule has 102 valence electrons. The van der Waals surface area contributed by atoms with Crippen LogP contribution in [0, 0.1) is 0 Å². The van der Waals surface area contributed by atoms with E-state index in [-0.39, 0.29) is 23.3 Å². The van der Waals surface area contributed by atoms with E-state index in [1.54, 1.807) is 6.07 Å². The smallest absolute Gasteiger partial charge is 0.255 e. The molecule has 4 nitrogen and oxygen atoms in total. The monoisotopic (exact) mass is 280 g/mol. The molecule has 1 aromatic rings. The number of aromatic hydroxyl groups is 1. The number of nitrogens with zero attached hydrogens (tertiary/aromatic N) is 1. The van der Waals surface area contributed by atoms with Crippen LogP contribution < -0.4 is 5.32 Å². The summed E-state index contributed by atoms with van der Waals surface area (Å²) in [6.45, 7) is 2.19. The van der Waals surface area contributed by atoms with Crippen LogP contribution in [0.15, 0.2) is 18.2 Å². The zero-order chi connectivity index (χ0) is 13.4. The Bertz CT molecular complexity index is 506. The molecule has 5 heteroatoms. The summed E-state index contributed by atoms with van der Waals surface area (Å²) in [5.41, 5.74) is 0.254. The zero-order valence-electron chi connectivity index (χ0n) is 10.6. The second-order valence-electron chi connectivity index (χ2n) is 5.28. The Morgan fingerprint density at radius 2 is 2.21 bits per heavy atom. The van der Waals surface area contributed by atoms with E-state index in [2.05, 4.69) is 10.2 Å². The third-order valence-electron chi connectivity index (χ3n) is 4.13. The van der Waals surface area contributed by atoms with Gasteiger partial charge < -0.3 is 10.4 Å². The van der Waals surface area contributed by atoms with Gasteiger partial charge in [0.1, 0.15) is 5.75 Å². The van der Waals surface area contributed by atoms with Crippen LogP contribution in [-0.4, -0.2) is 41.1 Å². The molecule has 1 aromatic carbocycles. The number of carbonyl (C=O) groups is 1. The van der Waals surface area contributed by atoms with Crippen LogP contribution in [0.25, 0.3) is 0 Å². The number of fused-ring (bicyclic) bond motifs is 1. The molecule has 0 aliphatic carbocycles. The van der Waals surface area contributed by atoms with E-state index in [9.17, 15) is 9.90 Å². The van der Waals surface area contributed by atoms with Crippen molar-refractivity contribution in [1.29, 1.82) is 0 Å². The minimum atomic E-state index is -0.237. The fourth-order valence-electron chi connectivity index (χ4n) is 3.19. The predicted octanol–water partition coefficient (Wildman–Crippen LogP) is 2.01. The number of benzene rings is 1. The van der Waals surface area contributed by atoms with Crippen molar-refractivity contribution in [3.8, 4) is 5.75 Å². The average Bonchev–Trinajstić information content (AvgIpc) is 2.97. The Morgan fingerprint density at radius 3 is 3.05 bits per heavy atom. The number of amides is 1. The van der Waals surface area contributed by atoms with Crippen molar-refractivity contribution in [1.82, 2.24) is 10.2 Å². The number of phenolic OH excluding ortho intramolecular Hbond substituents is 1. The third kappa shape index (κ3) is 2.42. The van der Waals surface area contributed by atoms with Crippen molar-refractivity contribution in [3.05, 3.63) is 28.8 Å². The summed E-state index contributed by atoms with van der Waals surface area (Å²) in [7, 11) is 0. The summed E-state index contributed by atoms with van der Waals surface area (Å²) in [5, 5.41) is 13.2. The quantitative estimate of drug-likeness (QED) is 0.871. The summed E-state index contributed by atoms with van der Waals surface area (Å²) in [5.74, 6) is -0.262. The highest BCUT2D eigenvalue weighted by Gasteiger charge is 2.38. The Kier molecular flexibility index (Phi) is 3.37. The van der Waals surface area contributed by atoms with Crippen LogP contribution in [0.3, 0.4) is 0 Å². The largest absolute Gasteiger partial charge is 0.507 e. The molecular formula is C14H17ClN2O2. The molecule has 2 N–H and O–H groups in total. The van der Waals surface area contributed by atoms with Crippen molar-refractivity contribution in [2.75, 3.05) is 13.1 Å². The van der Waals surface area contributed by atoms with E-state index < -0.39 is 0 Å². The topological polar surface area (TPSA) is 52.6 Å². The van der Waals surface area contributed by atoms with E-state index in [0.717, 1.165) is 25.9 Å². The van der Waals surface area contributed by atoms with Crippen LogP contribution in [0.1, 0.15) is 29.6 Å². The minimum Gasteiger partial charge on any atom is -0.507 e. The van der Waals surface area contributed by atoms with E-state index in [1.807, 2.05) is 0 Å². The lowest BCUT2D eigenvalue weighted by Crippen LogP contribution is -2.42. The molecule has 19 heavy (non-hydrogen) atoms. The molecule has 2 saturated heterocycles. The summed E-state index contributed by atoms with van der Waals surface area (Å²) in [6, 6.07) is 5.18. The van der Waals surface area contributed by atoms with Gasteiger partial charge in [-0.3, -0.25) is 9.69 Å². The molecule has 2 unspecified atom stereocenters. The van der Waals surface area contributed by atoms with Gasteiger partial charge in [0.05, 0.1) is 5.56 Å². The van der Waals surface area contributed by atoms with E-state index in [4.69, 9.17) is 11.6 Å². The SMILES string of the molecule is O=C(NC1CCN2CCCC12)c1cc(Cl)ccc1O. The maximum absolute atomic E-state index is 12.2. The molecule has 1 amide bonds. The summed E-state index contributed by atoms with van der Waals surface area (Å²) >= 11 is 5.87. The van der Waals surface area contributed by atoms with Gasteiger partial charge in [0, 0.05) is 23.7 Å². The molecule has 2 heterocycles. The fourth-order valence-corrected chi connectivity index (χ4v) is 3.36. The molecule has 2 aliphatic heterocycles. The third-order valence-corrected chi connectivity index (χ3v) is 4.36. The average molecular weight is 281 g/mol. The second kappa shape index (κ2) is 5.02. The number of hydrogen-bond donors (Lipinski definition) is 2. The number of carbonyl (C=O) groups excluding carboxylic acids is 1. The highest BCUT2D eigenvalue weighted by molar-refractivity contribution is 6.31. The van der Waals surface area contributed by atoms with Crippen LogP contribution in [-0.2, 0) is 0 Å². The normalized spacial score (nSPS) is 26.4. The van der Waals surface area contributed by atoms with Gasteiger partial charge >= 0.3 is 0 Å². The Labute approximate surface area is 117 Å². The van der Waals surface area contributed by atoms with Gasteiger partial charge in [-0.1, -0.05) is 11.6 Å². The summed E-state index contributed by atoms with van der Waals surface area (Å²) in [6.07, 6.45) is 3.34. The minimum absolute atomic E-state index is 0.0248. The molecule has 0 aromatic heterocycles. The highest BCUT2D eigenvalue weighted by Crippen LogP contribution is 2.29. The lowest BCUT2D eigenvalue weighted by Gasteiger charge is -2.21. The summed E-state index contributed by atoms with van der Waals surface area (Å²) < 4.78 is 0. The number of nitrogens with one attached hydrogen (secondary N) is 1.